The fraction of sp³-hybridized carbons (Fsp3) is 0.222. The molecule has 26 heavy (non-hydrogen) atoms. The summed E-state index contributed by atoms with van der Waals surface area (Å²) in [6.45, 7) is 1.96. The number of aromatic amines is 1. The van der Waals surface area contributed by atoms with Gasteiger partial charge in [0.05, 0.1) is 17.5 Å². The van der Waals surface area contributed by atoms with Crippen molar-refractivity contribution in [2.75, 3.05) is 13.7 Å². The summed E-state index contributed by atoms with van der Waals surface area (Å²) in [7, 11) is 1.53. The lowest BCUT2D eigenvalue weighted by Crippen LogP contribution is -2.21. The molecule has 7 nitrogen and oxygen atoms in total. The van der Waals surface area contributed by atoms with Gasteiger partial charge in [-0.25, -0.2) is 0 Å². The van der Waals surface area contributed by atoms with Crippen LogP contribution in [0.2, 0.25) is 0 Å². The van der Waals surface area contributed by atoms with E-state index in [0.717, 1.165) is 16.8 Å². The second kappa shape index (κ2) is 7.03. The van der Waals surface area contributed by atoms with Crippen LogP contribution in [-0.2, 0) is 0 Å². The third kappa shape index (κ3) is 2.85. The Morgan fingerprint density at radius 3 is 2.92 bits per heavy atom. The van der Waals surface area contributed by atoms with Crippen LogP contribution in [0.5, 0.6) is 17.4 Å². The molecular formula is C18H15BrN4O3. The number of halogens is 1. The molecule has 2 heterocycles. The zero-order chi connectivity index (χ0) is 18.8. The maximum absolute atomic E-state index is 9.63. The van der Waals surface area contributed by atoms with Crippen LogP contribution in [0.4, 0.5) is 0 Å². The third-order valence-corrected chi connectivity index (χ3v) is 4.60. The van der Waals surface area contributed by atoms with E-state index >= 15 is 0 Å². The van der Waals surface area contributed by atoms with Crippen molar-refractivity contribution in [1.82, 2.24) is 10.2 Å². The van der Waals surface area contributed by atoms with E-state index in [4.69, 9.17) is 26.4 Å². The maximum atomic E-state index is 9.63. The average Bonchev–Trinajstić information content (AvgIpc) is 2.99. The first-order valence-electron chi connectivity index (χ1n) is 7.57. The highest BCUT2D eigenvalue weighted by Gasteiger charge is 2.35. The Bertz CT molecular complexity index is 982. The first kappa shape index (κ1) is 17.7. The molecule has 2 aromatic rings. The molecule has 1 aliphatic heterocycles. The summed E-state index contributed by atoms with van der Waals surface area (Å²) in [4.78, 5) is 0. The van der Waals surface area contributed by atoms with Gasteiger partial charge in [0.1, 0.15) is 18.2 Å². The Hall–Kier alpha value is -3.10. The number of methoxy groups -OCH3 is 1. The number of hydrogen-bond donors (Lipinski definition) is 2. The molecule has 132 valence electrons. The standard InChI is InChI=1S/C18H15BrN4O3/c1-4-5-25-16-12(19)6-10(7-13(16)24-3)15-11(8-20)17(21)26-18-14(15)9(2)22-23-18/h1,6-7,15H,5,21H2,2-3H3,(H,22,23)/t15-/m0/s1. The van der Waals surface area contributed by atoms with Crippen molar-refractivity contribution in [2.24, 2.45) is 5.73 Å². The average molecular weight is 415 g/mol. The number of aromatic nitrogens is 2. The number of aryl methyl sites for hydroxylation is 1. The van der Waals surface area contributed by atoms with Crippen molar-refractivity contribution in [3.63, 3.8) is 0 Å². The summed E-state index contributed by atoms with van der Waals surface area (Å²) < 4.78 is 17.1. The molecule has 0 unspecified atom stereocenters. The molecule has 8 heteroatoms. The van der Waals surface area contributed by atoms with Crippen LogP contribution in [0.3, 0.4) is 0 Å². The van der Waals surface area contributed by atoms with Crippen LogP contribution in [0, 0.1) is 30.6 Å². The highest BCUT2D eigenvalue weighted by molar-refractivity contribution is 9.10. The molecule has 0 saturated carbocycles. The molecule has 0 aliphatic carbocycles. The van der Waals surface area contributed by atoms with Gasteiger partial charge in [-0.3, -0.25) is 5.10 Å². The van der Waals surface area contributed by atoms with Gasteiger partial charge >= 0.3 is 0 Å². The molecule has 0 fully saturated rings. The summed E-state index contributed by atoms with van der Waals surface area (Å²) in [5.74, 6) is 3.32. The molecule has 1 atom stereocenters. The predicted molar refractivity (Wildman–Crippen MR) is 97.6 cm³/mol. The Morgan fingerprint density at radius 1 is 1.50 bits per heavy atom. The molecule has 1 aromatic carbocycles. The van der Waals surface area contributed by atoms with Crippen LogP contribution in [0.15, 0.2) is 28.1 Å². The van der Waals surface area contributed by atoms with Gasteiger partial charge in [0, 0.05) is 11.3 Å². The summed E-state index contributed by atoms with van der Waals surface area (Å²) in [6.07, 6.45) is 5.26. The smallest absolute Gasteiger partial charge is 0.244 e. The lowest BCUT2D eigenvalue weighted by Gasteiger charge is -2.24. The van der Waals surface area contributed by atoms with Gasteiger partial charge in [0.2, 0.25) is 11.8 Å². The van der Waals surface area contributed by atoms with Gasteiger partial charge in [0.25, 0.3) is 0 Å². The topological polar surface area (TPSA) is 106 Å². The Morgan fingerprint density at radius 2 is 2.27 bits per heavy atom. The van der Waals surface area contributed by atoms with E-state index in [1.54, 1.807) is 6.07 Å². The Kier molecular flexibility index (Phi) is 4.79. The van der Waals surface area contributed by atoms with Crippen molar-refractivity contribution < 1.29 is 14.2 Å². The van der Waals surface area contributed by atoms with Crippen molar-refractivity contribution >= 4 is 15.9 Å². The molecule has 0 amide bonds. The quantitative estimate of drug-likeness (QED) is 0.744. The van der Waals surface area contributed by atoms with Crippen LogP contribution < -0.4 is 19.9 Å². The van der Waals surface area contributed by atoms with Gasteiger partial charge in [-0.05, 0) is 40.5 Å². The van der Waals surface area contributed by atoms with Gasteiger partial charge in [0.15, 0.2) is 11.5 Å². The fourth-order valence-electron chi connectivity index (χ4n) is 2.89. The minimum Gasteiger partial charge on any atom is -0.493 e. The number of terminal acetylenes is 1. The first-order chi connectivity index (χ1) is 12.5. The van der Waals surface area contributed by atoms with E-state index in [2.05, 4.69) is 38.1 Å². The lowest BCUT2D eigenvalue weighted by atomic mass is 9.84. The van der Waals surface area contributed by atoms with Crippen molar-refractivity contribution in [3.8, 4) is 35.8 Å². The number of nitriles is 1. The molecule has 1 aromatic heterocycles. The monoisotopic (exact) mass is 414 g/mol. The number of rotatable bonds is 4. The summed E-state index contributed by atoms with van der Waals surface area (Å²) in [5.41, 5.74) is 8.55. The van der Waals surface area contributed by atoms with Crippen molar-refractivity contribution in [3.05, 3.63) is 44.9 Å². The number of H-pyrrole nitrogens is 1. The van der Waals surface area contributed by atoms with Gasteiger partial charge < -0.3 is 19.9 Å². The number of nitrogens with zero attached hydrogens (tertiary/aromatic N) is 2. The minimum atomic E-state index is -0.450. The van der Waals surface area contributed by atoms with Crippen LogP contribution >= 0.6 is 15.9 Å². The maximum Gasteiger partial charge on any atom is 0.244 e. The van der Waals surface area contributed by atoms with Gasteiger partial charge in [-0.2, -0.15) is 5.26 Å². The van der Waals surface area contributed by atoms with Gasteiger partial charge in [-0.15, -0.1) is 11.5 Å². The van der Waals surface area contributed by atoms with Crippen molar-refractivity contribution in [2.45, 2.75) is 12.8 Å². The number of fused-ring (bicyclic) bond motifs is 1. The second-order valence-corrected chi connectivity index (χ2v) is 6.37. The molecule has 0 spiro atoms. The fourth-order valence-corrected chi connectivity index (χ4v) is 3.47. The van der Waals surface area contributed by atoms with E-state index in [0.29, 0.717) is 27.4 Å². The highest BCUT2D eigenvalue weighted by atomic mass is 79.9. The normalized spacial score (nSPS) is 15.5. The summed E-state index contributed by atoms with van der Waals surface area (Å²) >= 11 is 3.48. The van der Waals surface area contributed by atoms with E-state index in [-0.39, 0.29) is 12.5 Å². The molecule has 3 rings (SSSR count). The summed E-state index contributed by atoms with van der Waals surface area (Å²) in [5, 5.41) is 16.6. The number of nitrogens with two attached hydrogens (primary N) is 1. The third-order valence-electron chi connectivity index (χ3n) is 4.01. The molecule has 0 radical (unpaired) electrons. The van der Waals surface area contributed by atoms with Crippen molar-refractivity contribution in [1.29, 1.82) is 5.26 Å². The minimum absolute atomic E-state index is 0.0271. The predicted octanol–water partition coefficient (Wildman–Crippen LogP) is 2.72. The molecule has 0 bridgehead atoms. The summed E-state index contributed by atoms with van der Waals surface area (Å²) in [6, 6.07) is 5.76. The molecule has 1 aliphatic rings. The van der Waals surface area contributed by atoms with E-state index < -0.39 is 5.92 Å². The van der Waals surface area contributed by atoms with Crippen LogP contribution in [0.1, 0.15) is 22.7 Å². The number of ether oxygens (including phenoxy) is 3. The molecule has 0 saturated heterocycles. The number of hydrogen-bond acceptors (Lipinski definition) is 6. The number of allylic oxidation sites excluding steroid dienone is 1. The second-order valence-electron chi connectivity index (χ2n) is 5.52. The molecular weight excluding hydrogens is 400 g/mol. The zero-order valence-corrected chi connectivity index (χ0v) is 15.7. The van der Waals surface area contributed by atoms with E-state index in [9.17, 15) is 5.26 Å². The highest BCUT2D eigenvalue weighted by Crippen LogP contribution is 2.46. The van der Waals surface area contributed by atoms with E-state index in [1.165, 1.54) is 7.11 Å². The number of benzene rings is 1. The van der Waals surface area contributed by atoms with Crippen LogP contribution in [0.25, 0.3) is 0 Å². The molecule has 3 N–H and O–H groups in total. The Balaban J connectivity index is 2.19. The first-order valence-corrected chi connectivity index (χ1v) is 8.37. The zero-order valence-electron chi connectivity index (χ0n) is 14.1. The SMILES string of the molecule is C#CCOc1c(Br)cc([C@H]2C(C#N)=C(N)Oc3n[nH]c(C)c32)cc1OC. The van der Waals surface area contributed by atoms with Gasteiger partial charge in [-0.1, -0.05) is 5.92 Å². The van der Waals surface area contributed by atoms with E-state index in [1.807, 2.05) is 13.0 Å². The largest absolute Gasteiger partial charge is 0.493 e. The number of nitrogens with one attached hydrogen (secondary N) is 1. The lowest BCUT2D eigenvalue weighted by molar-refractivity contribution is 0.328. The Labute approximate surface area is 158 Å². The van der Waals surface area contributed by atoms with Crippen LogP contribution in [-0.4, -0.2) is 23.9 Å².